The molecule has 29 heavy (non-hydrogen) atoms. The van der Waals surface area contributed by atoms with Crippen molar-refractivity contribution in [2.24, 2.45) is 7.05 Å². The first-order valence-electron chi connectivity index (χ1n) is 10.3. The van der Waals surface area contributed by atoms with E-state index >= 15 is 0 Å². The number of aromatic nitrogens is 3. The number of amides is 2. The smallest absolute Gasteiger partial charge is 0.407 e. The van der Waals surface area contributed by atoms with Gasteiger partial charge in [0.05, 0.1) is 12.5 Å². The maximum absolute atomic E-state index is 13.0. The van der Waals surface area contributed by atoms with Gasteiger partial charge in [-0.05, 0) is 32.1 Å². The monoisotopic (exact) mass is 397 g/mol. The summed E-state index contributed by atoms with van der Waals surface area (Å²) in [4.78, 5) is 26.7. The fraction of sp³-hybridized carbons (Fsp3) is 0.524. The molecule has 2 heterocycles. The molecule has 2 fully saturated rings. The van der Waals surface area contributed by atoms with Gasteiger partial charge in [0.1, 0.15) is 12.4 Å². The van der Waals surface area contributed by atoms with Gasteiger partial charge in [0.15, 0.2) is 5.82 Å². The van der Waals surface area contributed by atoms with Gasteiger partial charge >= 0.3 is 6.09 Å². The largest absolute Gasteiger partial charge is 0.447 e. The predicted molar refractivity (Wildman–Crippen MR) is 107 cm³/mol. The van der Waals surface area contributed by atoms with Crippen molar-refractivity contribution in [1.29, 1.82) is 0 Å². The van der Waals surface area contributed by atoms with Crippen molar-refractivity contribution in [3.8, 4) is 11.4 Å². The number of likely N-dealkylation sites (tertiary alicyclic amines) is 1. The Hall–Kier alpha value is -2.90. The molecule has 1 N–H and O–H groups in total. The lowest BCUT2D eigenvalue weighted by Crippen LogP contribution is -2.47. The lowest BCUT2D eigenvalue weighted by Gasteiger charge is -2.35. The Kier molecular flexibility index (Phi) is 5.78. The van der Waals surface area contributed by atoms with E-state index in [9.17, 15) is 9.59 Å². The van der Waals surface area contributed by atoms with Crippen LogP contribution >= 0.6 is 0 Å². The van der Waals surface area contributed by atoms with E-state index in [0.717, 1.165) is 43.5 Å². The topological polar surface area (TPSA) is 89.4 Å². The Morgan fingerprint density at radius 3 is 2.69 bits per heavy atom. The van der Waals surface area contributed by atoms with Gasteiger partial charge in [0, 0.05) is 25.2 Å². The van der Waals surface area contributed by atoms with Gasteiger partial charge in [-0.1, -0.05) is 30.3 Å². The van der Waals surface area contributed by atoms with Crippen LogP contribution in [-0.2, 0) is 23.0 Å². The first-order chi connectivity index (χ1) is 14.1. The molecular formula is C21H27N5O3. The van der Waals surface area contributed by atoms with Gasteiger partial charge < -0.3 is 19.5 Å². The Bertz CT molecular complexity index is 862. The number of benzene rings is 1. The highest BCUT2D eigenvalue weighted by Gasteiger charge is 2.30. The fourth-order valence-electron chi connectivity index (χ4n) is 3.70. The number of alkyl carbamates (subject to hydrolysis) is 1. The summed E-state index contributed by atoms with van der Waals surface area (Å²) in [6.07, 6.45) is 4.68. The van der Waals surface area contributed by atoms with Crippen LogP contribution < -0.4 is 5.32 Å². The van der Waals surface area contributed by atoms with Gasteiger partial charge in [-0.15, -0.1) is 10.2 Å². The van der Waals surface area contributed by atoms with Crippen molar-refractivity contribution < 1.29 is 14.3 Å². The van der Waals surface area contributed by atoms with E-state index in [2.05, 4.69) is 15.5 Å². The molecule has 4 rings (SSSR count). The Morgan fingerprint density at radius 2 is 1.93 bits per heavy atom. The standard InChI is InChI=1S/C21H27N5O3/c1-25-18(23-24-20(25)15-7-3-2-4-8-15)13-19(27)26-12-6-5-9-17(26)14-29-21(28)22-16-10-11-16/h2-4,7-8,16-17H,5-6,9-14H2,1H3,(H,22,28). The van der Waals surface area contributed by atoms with Crippen LogP contribution in [0.15, 0.2) is 30.3 Å². The molecule has 1 aliphatic carbocycles. The Morgan fingerprint density at radius 1 is 1.14 bits per heavy atom. The predicted octanol–water partition coefficient (Wildman–Crippen LogP) is 2.29. The quantitative estimate of drug-likeness (QED) is 0.808. The Balaban J connectivity index is 1.38. The lowest BCUT2D eigenvalue weighted by atomic mass is 10.0. The van der Waals surface area contributed by atoms with Crippen LogP contribution in [0.4, 0.5) is 4.79 Å². The number of piperidine rings is 1. The number of hydrogen-bond acceptors (Lipinski definition) is 5. The summed E-state index contributed by atoms with van der Waals surface area (Å²) in [6, 6.07) is 9.98. The summed E-state index contributed by atoms with van der Waals surface area (Å²) in [5, 5.41) is 11.3. The molecule has 2 aliphatic rings. The van der Waals surface area contributed by atoms with E-state index in [1.165, 1.54) is 0 Å². The third-order valence-corrected chi connectivity index (χ3v) is 5.56. The fourth-order valence-corrected chi connectivity index (χ4v) is 3.70. The molecular weight excluding hydrogens is 370 g/mol. The van der Waals surface area contributed by atoms with Crippen molar-refractivity contribution in [2.45, 2.75) is 50.6 Å². The first kappa shape index (κ1) is 19.4. The van der Waals surface area contributed by atoms with E-state index in [0.29, 0.717) is 12.4 Å². The molecule has 1 atom stereocenters. The molecule has 0 radical (unpaired) electrons. The highest BCUT2D eigenvalue weighted by Crippen LogP contribution is 2.21. The molecule has 8 heteroatoms. The third kappa shape index (κ3) is 4.75. The van der Waals surface area contributed by atoms with Crippen LogP contribution in [0.3, 0.4) is 0 Å². The van der Waals surface area contributed by atoms with Crippen molar-refractivity contribution in [3.63, 3.8) is 0 Å². The van der Waals surface area contributed by atoms with E-state index in [4.69, 9.17) is 4.74 Å². The number of nitrogens with zero attached hydrogens (tertiary/aromatic N) is 4. The summed E-state index contributed by atoms with van der Waals surface area (Å²) < 4.78 is 7.24. The van der Waals surface area contributed by atoms with E-state index in [1.54, 1.807) is 0 Å². The number of carbonyl (C=O) groups excluding carboxylic acids is 2. The number of nitrogens with one attached hydrogen (secondary N) is 1. The molecule has 1 aromatic carbocycles. The molecule has 2 amide bonds. The van der Waals surface area contributed by atoms with Crippen LogP contribution in [0.5, 0.6) is 0 Å². The average Bonchev–Trinajstić information content (AvgIpc) is 3.49. The Labute approximate surface area is 170 Å². The van der Waals surface area contributed by atoms with E-state index in [1.807, 2.05) is 46.8 Å². The van der Waals surface area contributed by atoms with E-state index < -0.39 is 0 Å². The minimum absolute atomic E-state index is 0.00369. The SMILES string of the molecule is Cn1c(CC(=O)N2CCCCC2COC(=O)NC2CC2)nnc1-c1ccccc1. The van der Waals surface area contributed by atoms with Crippen LogP contribution in [-0.4, -0.2) is 56.9 Å². The highest BCUT2D eigenvalue weighted by molar-refractivity contribution is 5.78. The van der Waals surface area contributed by atoms with Crippen molar-refractivity contribution >= 4 is 12.0 Å². The zero-order chi connectivity index (χ0) is 20.2. The van der Waals surface area contributed by atoms with E-state index in [-0.39, 0.29) is 37.1 Å². The van der Waals surface area contributed by atoms with Gasteiger partial charge in [0.2, 0.25) is 5.91 Å². The molecule has 2 aromatic rings. The molecule has 0 spiro atoms. The summed E-state index contributed by atoms with van der Waals surface area (Å²) >= 11 is 0. The second-order valence-electron chi connectivity index (χ2n) is 7.80. The summed E-state index contributed by atoms with van der Waals surface area (Å²) in [5.74, 6) is 1.37. The molecule has 1 unspecified atom stereocenters. The van der Waals surface area contributed by atoms with Gasteiger partial charge in [0.25, 0.3) is 0 Å². The summed E-state index contributed by atoms with van der Waals surface area (Å²) in [6.45, 7) is 0.916. The number of rotatable bonds is 6. The third-order valence-electron chi connectivity index (χ3n) is 5.56. The molecule has 154 valence electrons. The van der Waals surface area contributed by atoms with Crippen molar-refractivity contribution in [1.82, 2.24) is 25.0 Å². The highest BCUT2D eigenvalue weighted by atomic mass is 16.5. The second-order valence-corrected chi connectivity index (χ2v) is 7.80. The van der Waals surface area contributed by atoms with Crippen molar-refractivity contribution in [2.75, 3.05) is 13.2 Å². The summed E-state index contributed by atoms with van der Waals surface area (Å²) in [7, 11) is 1.88. The lowest BCUT2D eigenvalue weighted by molar-refractivity contribution is -0.135. The number of carbonyl (C=O) groups is 2. The van der Waals surface area contributed by atoms with Gasteiger partial charge in [-0.2, -0.15) is 0 Å². The normalized spacial score (nSPS) is 19.1. The molecule has 0 bridgehead atoms. The molecule has 1 saturated carbocycles. The second kappa shape index (κ2) is 8.63. The number of hydrogen-bond donors (Lipinski definition) is 1. The van der Waals surface area contributed by atoms with Gasteiger partial charge in [-0.3, -0.25) is 4.79 Å². The molecule has 1 saturated heterocycles. The average molecular weight is 397 g/mol. The van der Waals surface area contributed by atoms with Crippen LogP contribution in [0.2, 0.25) is 0 Å². The zero-order valence-electron chi connectivity index (χ0n) is 16.7. The minimum Gasteiger partial charge on any atom is -0.447 e. The summed E-state index contributed by atoms with van der Waals surface area (Å²) in [5.41, 5.74) is 0.965. The van der Waals surface area contributed by atoms with Crippen LogP contribution in [0.25, 0.3) is 11.4 Å². The molecule has 1 aromatic heterocycles. The first-order valence-corrected chi connectivity index (χ1v) is 10.3. The molecule has 1 aliphatic heterocycles. The van der Waals surface area contributed by atoms with Gasteiger partial charge in [-0.25, -0.2) is 4.79 Å². The van der Waals surface area contributed by atoms with Crippen molar-refractivity contribution in [3.05, 3.63) is 36.2 Å². The minimum atomic E-state index is -0.383. The number of ether oxygens (including phenoxy) is 1. The maximum Gasteiger partial charge on any atom is 0.407 e. The van der Waals surface area contributed by atoms with Crippen LogP contribution in [0, 0.1) is 0 Å². The molecule has 8 nitrogen and oxygen atoms in total. The zero-order valence-corrected chi connectivity index (χ0v) is 16.7. The van der Waals surface area contributed by atoms with Crippen LogP contribution in [0.1, 0.15) is 37.9 Å². The maximum atomic E-state index is 13.0.